The highest BCUT2D eigenvalue weighted by atomic mass is 16.3. The molecule has 3 saturated carbocycles. The largest absolute Gasteiger partial charge is 0.393 e. The SMILES string of the molecule is CCC(=O)[C@@]1(C)[C@H](C)C[C@H]2[C@@H]3CCC4=CC(=O)C=C[C@]4(C)[C@H]3C(O)C[C@@]21C. The Labute approximate surface area is 163 Å². The molecule has 0 aromatic rings. The Hall–Kier alpha value is -1.22. The molecule has 27 heavy (non-hydrogen) atoms. The number of Topliss-reactive ketones (excluding diaryl/α,β-unsaturated/α-hetero) is 1. The first-order valence-electron chi connectivity index (χ1n) is 10.7. The lowest BCUT2D eigenvalue weighted by Gasteiger charge is -2.60. The summed E-state index contributed by atoms with van der Waals surface area (Å²) in [6.07, 6.45) is 9.41. The molecule has 0 saturated heterocycles. The Balaban J connectivity index is 1.78. The molecule has 3 fully saturated rings. The maximum atomic E-state index is 13.1. The van der Waals surface area contributed by atoms with E-state index in [1.54, 1.807) is 12.2 Å². The normalized spacial score (nSPS) is 51.3. The Morgan fingerprint density at radius 2 is 2.00 bits per heavy atom. The second-order valence-electron chi connectivity index (χ2n) is 10.3. The molecule has 0 amide bonds. The zero-order valence-electron chi connectivity index (χ0n) is 17.4. The van der Waals surface area contributed by atoms with E-state index in [1.165, 1.54) is 5.57 Å². The molecule has 4 aliphatic carbocycles. The van der Waals surface area contributed by atoms with Gasteiger partial charge in [-0.2, -0.15) is 0 Å². The zero-order valence-corrected chi connectivity index (χ0v) is 17.4. The van der Waals surface area contributed by atoms with Crippen LogP contribution in [0.4, 0.5) is 0 Å². The minimum atomic E-state index is -0.433. The van der Waals surface area contributed by atoms with Gasteiger partial charge < -0.3 is 5.11 Å². The summed E-state index contributed by atoms with van der Waals surface area (Å²) in [5, 5.41) is 11.4. The molecule has 1 unspecified atom stereocenters. The summed E-state index contributed by atoms with van der Waals surface area (Å²) >= 11 is 0. The third-order valence-corrected chi connectivity index (χ3v) is 9.57. The van der Waals surface area contributed by atoms with Crippen molar-refractivity contribution in [3.8, 4) is 0 Å². The quantitative estimate of drug-likeness (QED) is 0.779. The van der Waals surface area contributed by atoms with E-state index in [0.717, 1.165) is 19.3 Å². The van der Waals surface area contributed by atoms with Gasteiger partial charge in [-0.05, 0) is 61.0 Å². The molecule has 3 heteroatoms. The minimum absolute atomic E-state index is 0.0756. The molecule has 0 aromatic carbocycles. The van der Waals surface area contributed by atoms with Crippen LogP contribution in [-0.2, 0) is 9.59 Å². The van der Waals surface area contributed by atoms with Crippen molar-refractivity contribution < 1.29 is 14.7 Å². The smallest absolute Gasteiger partial charge is 0.178 e. The average molecular weight is 371 g/mol. The molecule has 3 nitrogen and oxygen atoms in total. The van der Waals surface area contributed by atoms with E-state index in [2.05, 4.69) is 33.8 Å². The highest BCUT2D eigenvalue weighted by molar-refractivity contribution is 6.01. The van der Waals surface area contributed by atoms with Crippen LogP contribution in [0.1, 0.15) is 66.7 Å². The summed E-state index contributed by atoms with van der Waals surface area (Å²) in [4.78, 5) is 25.0. The molecule has 0 aliphatic heterocycles. The van der Waals surface area contributed by atoms with E-state index in [1.807, 2.05) is 6.92 Å². The van der Waals surface area contributed by atoms with E-state index in [-0.39, 0.29) is 27.9 Å². The number of allylic oxidation sites excluding steroid dienone is 4. The summed E-state index contributed by atoms with van der Waals surface area (Å²) in [5.74, 6) is 1.80. The van der Waals surface area contributed by atoms with Gasteiger partial charge in [0.1, 0.15) is 5.78 Å². The summed E-state index contributed by atoms with van der Waals surface area (Å²) in [7, 11) is 0. The Bertz CT molecular complexity index is 749. The monoisotopic (exact) mass is 370 g/mol. The number of ketones is 2. The van der Waals surface area contributed by atoms with Gasteiger partial charge in [0.15, 0.2) is 5.78 Å². The number of hydrogen-bond donors (Lipinski definition) is 1. The first-order valence-corrected chi connectivity index (χ1v) is 10.7. The van der Waals surface area contributed by atoms with Crippen LogP contribution in [0.15, 0.2) is 23.8 Å². The van der Waals surface area contributed by atoms with Crippen LogP contribution in [0.3, 0.4) is 0 Å². The van der Waals surface area contributed by atoms with Crippen molar-refractivity contribution >= 4 is 11.6 Å². The molecule has 0 radical (unpaired) electrons. The number of aliphatic hydroxyl groups excluding tert-OH is 1. The van der Waals surface area contributed by atoms with Gasteiger partial charge in [0.25, 0.3) is 0 Å². The van der Waals surface area contributed by atoms with Gasteiger partial charge in [0.05, 0.1) is 6.10 Å². The van der Waals surface area contributed by atoms with E-state index < -0.39 is 6.10 Å². The molecule has 1 N–H and O–H groups in total. The topological polar surface area (TPSA) is 54.4 Å². The lowest BCUT2D eigenvalue weighted by Crippen LogP contribution is -2.58. The molecule has 148 valence electrons. The van der Waals surface area contributed by atoms with Crippen LogP contribution in [0.5, 0.6) is 0 Å². The second-order valence-corrected chi connectivity index (χ2v) is 10.3. The van der Waals surface area contributed by atoms with E-state index in [4.69, 9.17) is 0 Å². The number of aliphatic hydroxyl groups is 1. The zero-order chi connectivity index (χ0) is 19.8. The lowest BCUT2D eigenvalue weighted by atomic mass is 9.44. The fourth-order valence-corrected chi connectivity index (χ4v) is 7.84. The molecule has 0 spiro atoms. The van der Waals surface area contributed by atoms with E-state index in [9.17, 15) is 14.7 Å². The summed E-state index contributed by atoms with van der Waals surface area (Å²) in [5.41, 5.74) is 0.464. The van der Waals surface area contributed by atoms with Gasteiger partial charge in [-0.3, -0.25) is 9.59 Å². The van der Waals surface area contributed by atoms with E-state index in [0.29, 0.717) is 36.4 Å². The maximum absolute atomic E-state index is 13.1. The van der Waals surface area contributed by atoms with Gasteiger partial charge in [-0.25, -0.2) is 0 Å². The fraction of sp³-hybridized carbons (Fsp3) is 0.750. The average Bonchev–Trinajstić information content (AvgIpc) is 2.82. The number of fused-ring (bicyclic) bond motifs is 5. The molecule has 4 rings (SSSR count). The van der Waals surface area contributed by atoms with Crippen LogP contribution in [0, 0.1) is 39.9 Å². The van der Waals surface area contributed by atoms with Crippen molar-refractivity contribution in [1.29, 1.82) is 0 Å². The summed E-state index contributed by atoms with van der Waals surface area (Å²) in [6.45, 7) is 10.9. The highest BCUT2D eigenvalue weighted by Gasteiger charge is 2.68. The molecule has 0 aromatic heterocycles. The fourth-order valence-electron chi connectivity index (χ4n) is 7.84. The van der Waals surface area contributed by atoms with Crippen molar-refractivity contribution in [3.63, 3.8) is 0 Å². The Kier molecular flexibility index (Phi) is 4.17. The third kappa shape index (κ3) is 2.24. The third-order valence-electron chi connectivity index (χ3n) is 9.57. The van der Waals surface area contributed by atoms with Gasteiger partial charge in [-0.15, -0.1) is 0 Å². The Morgan fingerprint density at radius 1 is 1.30 bits per heavy atom. The maximum Gasteiger partial charge on any atom is 0.178 e. The first-order chi connectivity index (χ1) is 12.6. The second kappa shape index (κ2) is 5.89. The van der Waals surface area contributed by atoms with Crippen LogP contribution < -0.4 is 0 Å². The van der Waals surface area contributed by atoms with Crippen LogP contribution in [0.25, 0.3) is 0 Å². The van der Waals surface area contributed by atoms with Crippen LogP contribution in [-0.4, -0.2) is 22.8 Å². The van der Waals surface area contributed by atoms with Crippen molar-refractivity contribution in [1.82, 2.24) is 0 Å². The van der Waals surface area contributed by atoms with Gasteiger partial charge >= 0.3 is 0 Å². The lowest BCUT2D eigenvalue weighted by molar-refractivity contribution is -0.155. The van der Waals surface area contributed by atoms with Crippen LogP contribution in [0.2, 0.25) is 0 Å². The van der Waals surface area contributed by atoms with Crippen molar-refractivity contribution in [2.24, 2.45) is 39.9 Å². The molecule has 4 aliphatic rings. The number of carbonyl (C=O) groups is 2. The van der Waals surface area contributed by atoms with Crippen LogP contribution >= 0.6 is 0 Å². The number of rotatable bonds is 2. The summed E-state index contributed by atoms with van der Waals surface area (Å²) < 4.78 is 0. The molecule has 8 atom stereocenters. The standard InChI is InChI=1S/C24H34O3/c1-6-20(27)24(5)14(2)11-18-17-8-7-15-12-16(25)9-10-22(15,3)21(17)19(26)13-23(18,24)4/h9-10,12,14,17-19,21,26H,6-8,11,13H2,1-5H3/t14-,17+,18+,19?,21-,22+,23+,24-/m1/s1. The van der Waals surface area contributed by atoms with Gasteiger partial charge in [-0.1, -0.05) is 46.3 Å². The van der Waals surface area contributed by atoms with Crippen molar-refractivity contribution in [3.05, 3.63) is 23.8 Å². The van der Waals surface area contributed by atoms with E-state index >= 15 is 0 Å². The van der Waals surface area contributed by atoms with Gasteiger partial charge in [0.2, 0.25) is 0 Å². The Morgan fingerprint density at radius 3 is 2.67 bits per heavy atom. The van der Waals surface area contributed by atoms with Crippen molar-refractivity contribution in [2.75, 3.05) is 0 Å². The molecular weight excluding hydrogens is 336 g/mol. The molecule has 0 bridgehead atoms. The summed E-state index contributed by atoms with van der Waals surface area (Å²) in [6, 6.07) is 0. The van der Waals surface area contributed by atoms with Gasteiger partial charge in [0, 0.05) is 23.2 Å². The molecule has 0 heterocycles. The number of carbonyl (C=O) groups excluding carboxylic acids is 2. The predicted octanol–water partition coefficient (Wildman–Crippen LogP) is 4.50. The first kappa shape index (κ1) is 19.1. The van der Waals surface area contributed by atoms with Crippen molar-refractivity contribution in [2.45, 2.75) is 72.8 Å². The highest BCUT2D eigenvalue weighted by Crippen LogP contribution is 2.71. The predicted molar refractivity (Wildman–Crippen MR) is 106 cm³/mol. The number of hydrogen-bond acceptors (Lipinski definition) is 3. The molecular formula is C24H34O3. The minimum Gasteiger partial charge on any atom is -0.393 e.